The number of amides is 1. The van der Waals surface area contributed by atoms with Crippen LogP contribution in [0.3, 0.4) is 0 Å². The number of hydrogen-bond acceptors (Lipinski definition) is 3. The van der Waals surface area contributed by atoms with Gasteiger partial charge >= 0.3 is 0 Å². The van der Waals surface area contributed by atoms with Crippen LogP contribution in [-0.4, -0.2) is 22.8 Å². The molecule has 2 N–H and O–H groups in total. The summed E-state index contributed by atoms with van der Waals surface area (Å²) in [6.07, 6.45) is -0.0546. The lowest BCUT2D eigenvalue weighted by atomic mass is 10.3. The molecule has 0 radical (unpaired) electrons. The van der Waals surface area contributed by atoms with Gasteiger partial charge in [-0.25, -0.2) is 4.39 Å². The molecule has 1 saturated heterocycles. The fraction of sp³-hybridized carbons (Fsp3) is 0.400. The minimum absolute atomic E-state index is 0.303. The zero-order chi connectivity index (χ0) is 8.01. The van der Waals surface area contributed by atoms with E-state index >= 15 is 0 Å². The lowest BCUT2D eigenvalue weighted by Gasteiger charge is -2.11. The third kappa shape index (κ3) is 0.812. The number of alkyl halides is 1. The molecule has 4 nitrogen and oxygen atoms in total. The highest BCUT2D eigenvalue weighted by Crippen LogP contribution is 2.25. The number of fused-ring (bicyclic) bond motifs is 1. The fourth-order valence-corrected chi connectivity index (χ4v) is 1.39. The molecule has 2 aliphatic heterocycles. The summed E-state index contributed by atoms with van der Waals surface area (Å²) in [5, 5.41) is 4.82. The number of carbonyl (C=O) groups is 1. The largest absolute Gasteiger partial charge is 0.343 e. The Morgan fingerprint density at radius 2 is 2.45 bits per heavy atom. The van der Waals surface area contributed by atoms with Crippen molar-refractivity contribution < 1.29 is 9.18 Å². The molecule has 1 fully saturated rings. The van der Waals surface area contributed by atoms with Gasteiger partial charge in [0.1, 0.15) is 6.04 Å². The molecule has 2 unspecified atom stereocenters. The number of rotatable bonds is 0. The van der Waals surface area contributed by atoms with Gasteiger partial charge in [0.25, 0.3) is 0 Å². The highest BCUT2D eigenvalue weighted by atomic mass is 35.5. The van der Waals surface area contributed by atoms with Crippen LogP contribution in [0.2, 0.25) is 0 Å². The lowest BCUT2D eigenvalue weighted by Crippen LogP contribution is -2.35. The fourth-order valence-electron chi connectivity index (χ4n) is 1.14. The lowest BCUT2D eigenvalue weighted by molar-refractivity contribution is -0.122. The van der Waals surface area contributed by atoms with Gasteiger partial charge in [-0.15, -0.1) is 0 Å². The van der Waals surface area contributed by atoms with E-state index in [9.17, 15) is 9.18 Å². The Bertz CT molecular complexity index is 244. The minimum Gasteiger partial charge on any atom is -0.343 e. The van der Waals surface area contributed by atoms with Gasteiger partial charge in [0, 0.05) is 6.20 Å². The molecule has 6 heteroatoms. The van der Waals surface area contributed by atoms with Gasteiger partial charge in [-0.05, 0) is 11.8 Å². The van der Waals surface area contributed by atoms with Crippen LogP contribution in [-0.2, 0) is 4.79 Å². The molecule has 2 aliphatic rings. The Balaban J connectivity index is 2.29. The van der Waals surface area contributed by atoms with Crippen LogP contribution in [0.25, 0.3) is 0 Å². The molecule has 60 valence electrons. The van der Waals surface area contributed by atoms with Crippen LogP contribution in [0.4, 0.5) is 4.39 Å². The van der Waals surface area contributed by atoms with E-state index in [4.69, 9.17) is 11.8 Å². The van der Waals surface area contributed by atoms with Crippen molar-refractivity contribution in [2.75, 3.05) is 0 Å². The Labute approximate surface area is 67.1 Å². The molecule has 0 spiro atoms. The summed E-state index contributed by atoms with van der Waals surface area (Å²) in [6.45, 7) is 0. The average Bonchev–Trinajstić information content (AvgIpc) is 2.41. The SMILES string of the molecule is O=C1NC=C2NC(F)N(Cl)C12. The second-order valence-electron chi connectivity index (χ2n) is 2.34. The molecule has 0 aromatic rings. The minimum atomic E-state index is -1.47. The summed E-state index contributed by atoms with van der Waals surface area (Å²) in [5.41, 5.74) is 0.484. The molecule has 0 bridgehead atoms. The van der Waals surface area contributed by atoms with Crippen LogP contribution >= 0.6 is 11.8 Å². The smallest absolute Gasteiger partial charge is 0.248 e. The summed E-state index contributed by atoms with van der Waals surface area (Å²) in [7, 11) is 0. The van der Waals surface area contributed by atoms with Crippen LogP contribution in [0.5, 0.6) is 0 Å². The predicted octanol–water partition coefficient (Wildman–Crippen LogP) is -0.362. The van der Waals surface area contributed by atoms with E-state index in [-0.39, 0.29) is 5.91 Å². The van der Waals surface area contributed by atoms with E-state index in [2.05, 4.69) is 10.6 Å². The summed E-state index contributed by atoms with van der Waals surface area (Å²) < 4.78 is 13.5. The first-order chi connectivity index (χ1) is 5.20. The molecule has 0 aliphatic carbocycles. The predicted molar refractivity (Wildman–Crippen MR) is 35.7 cm³/mol. The van der Waals surface area contributed by atoms with E-state index in [0.717, 1.165) is 4.42 Å². The van der Waals surface area contributed by atoms with Crippen molar-refractivity contribution in [2.45, 2.75) is 12.5 Å². The second-order valence-corrected chi connectivity index (χ2v) is 2.73. The molecular formula is C5H5ClFN3O. The van der Waals surface area contributed by atoms with E-state index in [1.807, 2.05) is 0 Å². The monoisotopic (exact) mass is 177 g/mol. The highest BCUT2D eigenvalue weighted by Gasteiger charge is 2.43. The van der Waals surface area contributed by atoms with E-state index in [0.29, 0.717) is 5.70 Å². The van der Waals surface area contributed by atoms with Gasteiger partial charge in [-0.3, -0.25) is 4.79 Å². The molecule has 2 atom stereocenters. The number of carbonyl (C=O) groups excluding carboxylic acids is 1. The molecule has 1 amide bonds. The van der Waals surface area contributed by atoms with Gasteiger partial charge in [0.15, 0.2) is 0 Å². The quantitative estimate of drug-likeness (QED) is 0.392. The Hall–Kier alpha value is -0.810. The van der Waals surface area contributed by atoms with Crippen molar-refractivity contribution >= 4 is 17.7 Å². The number of halogens is 2. The van der Waals surface area contributed by atoms with Crippen LogP contribution in [0.1, 0.15) is 0 Å². The maximum absolute atomic E-state index is 12.7. The van der Waals surface area contributed by atoms with Gasteiger partial charge in [0.05, 0.1) is 5.70 Å². The Morgan fingerprint density at radius 1 is 1.73 bits per heavy atom. The first-order valence-electron chi connectivity index (χ1n) is 3.05. The van der Waals surface area contributed by atoms with E-state index < -0.39 is 12.5 Å². The summed E-state index contributed by atoms with van der Waals surface area (Å²) in [5.74, 6) is -0.303. The van der Waals surface area contributed by atoms with Gasteiger partial charge in [0.2, 0.25) is 12.3 Å². The van der Waals surface area contributed by atoms with Crippen LogP contribution < -0.4 is 10.6 Å². The van der Waals surface area contributed by atoms with Crippen molar-refractivity contribution in [1.82, 2.24) is 15.1 Å². The maximum Gasteiger partial charge on any atom is 0.248 e. The summed E-state index contributed by atoms with van der Waals surface area (Å²) in [4.78, 5) is 10.9. The van der Waals surface area contributed by atoms with Crippen LogP contribution in [0, 0.1) is 0 Å². The van der Waals surface area contributed by atoms with Crippen molar-refractivity contribution in [3.8, 4) is 0 Å². The Morgan fingerprint density at radius 3 is 3.09 bits per heavy atom. The van der Waals surface area contributed by atoms with Gasteiger partial charge in [-0.1, -0.05) is 0 Å². The van der Waals surface area contributed by atoms with E-state index in [1.54, 1.807) is 0 Å². The average molecular weight is 178 g/mol. The van der Waals surface area contributed by atoms with Crippen molar-refractivity contribution in [3.63, 3.8) is 0 Å². The zero-order valence-electron chi connectivity index (χ0n) is 5.34. The Kier molecular flexibility index (Phi) is 1.30. The highest BCUT2D eigenvalue weighted by molar-refractivity contribution is 6.16. The zero-order valence-corrected chi connectivity index (χ0v) is 6.10. The van der Waals surface area contributed by atoms with Crippen molar-refractivity contribution in [2.24, 2.45) is 0 Å². The second kappa shape index (κ2) is 2.09. The summed E-state index contributed by atoms with van der Waals surface area (Å²) >= 11 is 5.45. The molecule has 0 aromatic heterocycles. The third-order valence-electron chi connectivity index (χ3n) is 1.66. The molecule has 2 heterocycles. The molecule has 0 aromatic carbocycles. The van der Waals surface area contributed by atoms with Gasteiger partial charge < -0.3 is 10.6 Å². The summed E-state index contributed by atoms with van der Waals surface area (Å²) in [6, 6.07) is -0.688. The first kappa shape index (κ1) is 6.87. The third-order valence-corrected chi connectivity index (χ3v) is 2.03. The number of nitrogens with one attached hydrogen (secondary N) is 2. The van der Waals surface area contributed by atoms with E-state index in [1.165, 1.54) is 6.20 Å². The number of nitrogens with zero attached hydrogens (tertiary/aromatic N) is 1. The molecule has 2 rings (SSSR count). The normalized spacial score (nSPS) is 36.2. The van der Waals surface area contributed by atoms with Crippen molar-refractivity contribution in [1.29, 1.82) is 0 Å². The van der Waals surface area contributed by atoms with Crippen LogP contribution in [0.15, 0.2) is 11.9 Å². The first-order valence-corrected chi connectivity index (χ1v) is 3.39. The number of hydrogen-bond donors (Lipinski definition) is 2. The maximum atomic E-state index is 12.7. The van der Waals surface area contributed by atoms with Gasteiger partial charge in [-0.2, -0.15) is 4.42 Å². The molecular weight excluding hydrogens is 173 g/mol. The van der Waals surface area contributed by atoms with Crippen molar-refractivity contribution in [3.05, 3.63) is 11.9 Å². The molecule has 11 heavy (non-hydrogen) atoms. The topological polar surface area (TPSA) is 44.4 Å². The standard InChI is InChI=1S/C5H5ClFN3O/c6-10-3-2(9-5(10)7)1-8-4(3)11/h1,3,5,9H,(H,8,11). The molecule has 0 saturated carbocycles.